The van der Waals surface area contributed by atoms with Crippen LogP contribution in [0.25, 0.3) is 0 Å². The van der Waals surface area contributed by atoms with Gasteiger partial charge in [0.15, 0.2) is 0 Å². The minimum atomic E-state index is -0.281. The molecule has 0 fully saturated rings. The van der Waals surface area contributed by atoms with Crippen molar-refractivity contribution in [2.24, 2.45) is 0 Å². The van der Waals surface area contributed by atoms with Gasteiger partial charge in [0.2, 0.25) is 0 Å². The molecule has 1 aromatic carbocycles. The predicted octanol–water partition coefficient (Wildman–Crippen LogP) is 3.68. The Labute approximate surface area is 138 Å². The van der Waals surface area contributed by atoms with Gasteiger partial charge in [-0.2, -0.15) is 0 Å². The van der Waals surface area contributed by atoms with E-state index >= 15 is 0 Å². The van der Waals surface area contributed by atoms with Crippen LogP contribution in [0.15, 0.2) is 18.2 Å². The summed E-state index contributed by atoms with van der Waals surface area (Å²) in [7, 11) is 0. The zero-order valence-corrected chi connectivity index (χ0v) is 14.5. The molecule has 0 bridgehead atoms. The van der Waals surface area contributed by atoms with E-state index in [4.69, 9.17) is 11.6 Å². The van der Waals surface area contributed by atoms with Gasteiger partial charge in [0.1, 0.15) is 5.75 Å². The average molecular weight is 327 g/mol. The summed E-state index contributed by atoms with van der Waals surface area (Å²) >= 11 is 5.86. The molecule has 0 aromatic heterocycles. The largest absolute Gasteiger partial charge is 0.507 e. The molecule has 1 unspecified atom stereocenters. The van der Waals surface area contributed by atoms with Gasteiger partial charge in [-0.1, -0.05) is 31.9 Å². The average Bonchev–Trinajstić information content (AvgIpc) is 2.49. The monoisotopic (exact) mass is 326 g/mol. The number of hydrogen-bond donors (Lipinski definition) is 2. The number of phenols is 1. The minimum Gasteiger partial charge on any atom is -0.507 e. The molecular weight excluding hydrogens is 300 g/mol. The maximum Gasteiger partial charge on any atom is 0.255 e. The molecule has 0 heterocycles. The first-order chi connectivity index (χ1) is 10.5. The molecule has 2 N–H and O–H groups in total. The lowest BCUT2D eigenvalue weighted by Gasteiger charge is -2.19. The molecule has 0 spiro atoms. The third-order valence-corrected chi connectivity index (χ3v) is 4.07. The van der Waals surface area contributed by atoms with Crippen LogP contribution in [-0.2, 0) is 0 Å². The molecule has 0 radical (unpaired) electrons. The van der Waals surface area contributed by atoms with Crippen molar-refractivity contribution in [3.8, 4) is 5.75 Å². The molecular formula is C17H27ClN2O2. The van der Waals surface area contributed by atoms with Gasteiger partial charge in [0.25, 0.3) is 5.91 Å². The Bertz CT molecular complexity index is 476. The molecule has 4 nitrogen and oxygen atoms in total. The minimum absolute atomic E-state index is 0.0457. The van der Waals surface area contributed by atoms with E-state index in [0.717, 1.165) is 38.9 Å². The number of unbranched alkanes of at least 4 members (excludes halogenated alkanes) is 1. The summed E-state index contributed by atoms with van der Waals surface area (Å²) in [6, 6.07) is 4.55. The second-order valence-electron chi connectivity index (χ2n) is 5.56. The quantitative estimate of drug-likeness (QED) is 0.681. The van der Waals surface area contributed by atoms with Crippen molar-refractivity contribution in [3.63, 3.8) is 0 Å². The van der Waals surface area contributed by atoms with Gasteiger partial charge in [-0.15, -0.1) is 0 Å². The third-order valence-electron chi connectivity index (χ3n) is 3.84. The molecule has 1 aromatic rings. The molecule has 124 valence electrons. The highest BCUT2D eigenvalue weighted by atomic mass is 35.5. The first kappa shape index (κ1) is 18.8. The number of hydrogen-bond acceptors (Lipinski definition) is 3. The van der Waals surface area contributed by atoms with Crippen molar-refractivity contribution < 1.29 is 9.90 Å². The van der Waals surface area contributed by atoms with Gasteiger partial charge in [0, 0.05) is 11.1 Å². The Kier molecular flexibility index (Phi) is 8.28. The summed E-state index contributed by atoms with van der Waals surface area (Å²) in [5.74, 6) is -0.327. The molecule has 0 saturated carbocycles. The van der Waals surface area contributed by atoms with E-state index in [2.05, 4.69) is 24.1 Å². The van der Waals surface area contributed by atoms with E-state index in [9.17, 15) is 9.90 Å². The number of carbonyl (C=O) groups is 1. The van der Waals surface area contributed by atoms with Gasteiger partial charge in [-0.3, -0.25) is 4.79 Å². The summed E-state index contributed by atoms with van der Waals surface area (Å²) in [5.41, 5.74) is 0.225. The molecule has 1 atom stereocenters. The number of nitrogens with zero attached hydrogens (tertiary/aromatic N) is 1. The Morgan fingerprint density at radius 3 is 2.64 bits per heavy atom. The van der Waals surface area contributed by atoms with Crippen molar-refractivity contribution in [3.05, 3.63) is 28.8 Å². The van der Waals surface area contributed by atoms with Gasteiger partial charge in [-0.05, 0) is 57.6 Å². The molecule has 0 saturated heterocycles. The van der Waals surface area contributed by atoms with Crippen molar-refractivity contribution in [2.75, 3.05) is 19.6 Å². The highest BCUT2D eigenvalue weighted by molar-refractivity contribution is 6.31. The Morgan fingerprint density at radius 2 is 2.00 bits per heavy atom. The maximum atomic E-state index is 12.1. The van der Waals surface area contributed by atoms with Crippen LogP contribution in [-0.4, -0.2) is 41.6 Å². The fourth-order valence-corrected chi connectivity index (χ4v) is 2.56. The SMILES string of the molecule is CCN(CC)CCCCC(C)NC(=O)c1cc(Cl)ccc1O. The number of amides is 1. The molecule has 1 amide bonds. The predicted molar refractivity (Wildman–Crippen MR) is 91.7 cm³/mol. The van der Waals surface area contributed by atoms with Crippen LogP contribution in [0.3, 0.4) is 0 Å². The number of nitrogens with one attached hydrogen (secondary N) is 1. The number of rotatable bonds is 9. The van der Waals surface area contributed by atoms with Crippen LogP contribution >= 0.6 is 11.6 Å². The smallest absolute Gasteiger partial charge is 0.255 e. The lowest BCUT2D eigenvalue weighted by atomic mass is 10.1. The molecule has 22 heavy (non-hydrogen) atoms. The number of carbonyl (C=O) groups excluding carboxylic acids is 1. The maximum absolute atomic E-state index is 12.1. The summed E-state index contributed by atoms with van der Waals surface area (Å²) < 4.78 is 0. The Balaban J connectivity index is 2.37. The number of halogens is 1. The molecule has 1 rings (SSSR count). The van der Waals surface area contributed by atoms with Crippen molar-refractivity contribution >= 4 is 17.5 Å². The van der Waals surface area contributed by atoms with Crippen LogP contribution in [0, 0.1) is 0 Å². The lowest BCUT2D eigenvalue weighted by Crippen LogP contribution is -2.32. The summed E-state index contributed by atoms with van der Waals surface area (Å²) in [6.45, 7) is 9.58. The standard InChI is InChI=1S/C17H27ClN2O2/c1-4-20(5-2)11-7-6-8-13(3)19-17(22)15-12-14(18)9-10-16(15)21/h9-10,12-13,21H,4-8,11H2,1-3H3,(H,19,22). The fraction of sp³-hybridized carbons (Fsp3) is 0.588. The zero-order chi connectivity index (χ0) is 16.5. The number of benzene rings is 1. The Morgan fingerprint density at radius 1 is 1.32 bits per heavy atom. The molecule has 0 aliphatic carbocycles. The number of aromatic hydroxyl groups is 1. The van der Waals surface area contributed by atoms with Gasteiger partial charge >= 0.3 is 0 Å². The highest BCUT2D eigenvalue weighted by Crippen LogP contribution is 2.21. The van der Waals surface area contributed by atoms with Crippen LogP contribution in [0.5, 0.6) is 5.75 Å². The normalized spacial score (nSPS) is 12.4. The zero-order valence-electron chi connectivity index (χ0n) is 13.7. The first-order valence-electron chi connectivity index (χ1n) is 7.99. The first-order valence-corrected chi connectivity index (χ1v) is 8.37. The van der Waals surface area contributed by atoms with Gasteiger partial charge in [0.05, 0.1) is 5.56 Å². The van der Waals surface area contributed by atoms with Crippen molar-refractivity contribution in [1.29, 1.82) is 0 Å². The van der Waals surface area contributed by atoms with E-state index < -0.39 is 0 Å². The van der Waals surface area contributed by atoms with Gasteiger partial charge in [-0.25, -0.2) is 0 Å². The van der Waals surface area contributed by atoms with E-state index in [-0.39, 0.29) is 23.3 Å². The molecule has 5 heteroatoms. The van der Waals surface area contributed by atoms with E-state index in [0.29, 0.717) is 5.02 Å². The van der Waals surface area contributed by atoms with Crippen LogP contribution in [0.4, 0.5) is 0 Å². The second-order valence-corrected chi connectivity index (χ2v) is 6.00. The topological polar surface area (TPSA) is 52.6 Å². The summed E-state index contributed by atoms with van der Waals surface area (Å²) in [4.78, 5) is 14.5. The third kappa shape index (κ3) is 6.24. The van der Waals surface area contributed by atoms with E-state index in [1.54, 1.807) is 6.07 Å². The van der Waals surface area contributed by atoms with Gasteiger partial charge < -0.3 is 15.3 Å². The van der Waals surface area contributed by atoms with Crippen LogP contribution in [0.1, 0.15) is 50.4 Å². The van der Waals surface area contributed by atoms with E-state index in [1.165, 1.54) is 12.1 Å². The van der Waals surface area contributed by atoms with E-state index in [1.807, 2.05) is 6.92 Å². The molecule has 0 aliphatic heterocycles. The molecule has 0 aliphatic rings. The van der Waals surface area contributed by atoms with Crippen molar-refractivity contribution in [2.45, 2.75) is 46.1 Å². The summed E-state index contributed by atoms with van der Waals surface area (Å²) in [6.07, 6.45) is 3.12. The Hall–Kier alpha value is -1.26. The lowest BCUT2D eigenvalue weighted by molar-refractivity contribution is 0.0935. The summed E-state index contributed by atoms with van der Waals surface area (Å²) in [5, 5.41) is 13.1. The number of phenolic OH excluding ortho intramolecular Hbond substituents is 1. The van der Waals surface area contributed by atoms with Crippen molar-refractivity contribution in [1.82, 2.24) is 10.2 Å². The van der Waals surface area contributed by atoms with Crippen LogP contribution in [0.2, 0.25) is 5.02 Å². The fourth-order valence-electron chi connectivity index (χ4n) is 2.39. The second kappa shape index (κ2) is 9.70. The highest BCUT2D eigenvalue weighted by Gasteiger charge is 2.14. The van der Waals surface area contributed by atoms with Crippen LogP contribution < -0.4 is 5.32 Å².